The van der Waals surface area contributed by atoms with Gasteiger partial charge in [0.1, 0.15) is 18.0 Å². The third kappa shape index (κ3) is 2.81. The molecule has 3 rings (SSSR count). The zero-order valence-electron chi connectivity index (χ0n) is 11.3. The number of anilines is 2. The van der Waals surface area contributed by atoms with Crippen LogP contribution in [0.15, 0.2) is 12.4 Å². The van der Waals surface area contributed by atoms with Gasteiger partial charge in [-0.15, -0.1) is 0 Å². The summed E-state index contributed by atoms with van der Waals surface area (Å²) in [7, 11) is 0. The van der Waals surface area contributed by atoms with E-state index in [1.165, 1.54) is 32.1 Å². The van der Waals surface area contributed by atoms with Gasteiger partial charge in [0.05, 0.1) is 12.6 Å². The van der Waals surface area contributed by atoms with Crippen molar-refractivity contribution >= 4 is 11.6 Å². The van der Waals surface area contributed by atoms with Gasteiger partial charge >= 0.3 is 0 Å². The zero-order valence-corrected chi connectivity index (χ0v) is 11.3. The number of nitrogens with zero attached hydrogens (tertiary/aromatic N) is 3. The SMILES string of the molecule is OCC1CCCCN1c1cc(NC2CCC2)ncn1. The van der Waals surface area contributed by atoms with Crippen LogP contribution < -0.4 is 10.2 Å². The maximum atomic E-state index is 9.48. The van der Waals surface area contributed by atoms with Crippen molar-refractivity contribution in [3.8, 4) is 0 Å². The highest BCUT2D eigenvalue weighted by molar-refractivity contribution is 5.50. The highest BCUT2D eigenvalue weighted by Gasteiger charge is 2.23. The fourth-order valence-electron chi connectivity index (χ4n) is 2.84. The summed E-state index contributed by atoms with van der Waals surface area (Å²) in [4.78, 5) is 10.9. The number of aromatic nitrogens is 2. The minimum atomic E-state index is 0.204. The summed E-state index contributed by atoms with van der Waals surface area (Å²) in [5, 5.41) is 12.9. The molecule has 0 amide bonds. The van der Waals surface area contributed by atoms with E-state index in [-0.39, 0.29) is 12.6 Å². The van der Waals surface area contributed by atoms with E-state index in [1.807, 2.05) is 6.07 Å². The van der Waals surface area contributed by atoms with E-state index in [0.717, 1.165) is 24.6 Å². The second-order valence-electron chi connectivity index (χ2n) is 5.56. The molecule has 0 aromatic carbocycles. The molecule has 104 valence electrons. The first-order valence-corrected chi connectivity index (χ1v) is 7.33. The molecule has 5 nitrogen and oxygen atoms in total. The van der Waals surface area contributed by atoms with E-state index in [1.54, 1.807) is 6.33 Å². The lowest BCUT2D eigenvalue weighted by atomic mass is 9.93. The lowest BCUT2D eigenvalue weighted by molar-refractivity contribution is 0.239. The number of aliphatic hydroxyl groups is 1. The lowest BCUT2D eigenvalue weighted by Gasteiger charge is -2.35. The minimum Gasteiger partial charge on any atom is -0.394 e. The van der Waals surface area contributed by atoms with Crippen LogP contribution in [0.1, 0.15) is 38.5 Å². The van der Waals surface area contributed by atoms with Crippen LogP contribution in [-0.2, 0) is 0 Å². The van der Waals surface area contributed by atoms with Gasteiger partial charge in [-0.2, -0.15) is 0 Å². The number of hydrogen-bond donors (Lipinski definition) is 2. The van der Waals surface area contributed by atoms with Gasteiger partial charge < -0.3 is 15.3 Å². The second kappa shape index (κ2) is 5.74. The molecule has 1 aromatic heterocycles. The number of hydrogen-bond acceptors (Lipinski definition) is 5. The Morgan fingerprint density at radius 1 is 1.21 bits per heavy atom. The van der Waals surface area contributed by atoms with Gasteiger partial charge in [-0.25, -0.2) is 9.97 Å². The molecule has 2 aliphatic rings. The molecule has 1 saturated carbocycles. The Balaban J connectivity index is 1.73. The van der Waals surface area contributed by atoms with Gasteiger partial charge in [0.2, 0.25) is 0 Å². The second-order valence-corrected chi connectivity index (χ2v) is 5.56. The van der Waals surface area contributed by atoms with Crippen molar-refractivity contribution in [1.82, 2.24) is 9.97 Å². The van der Waals surface area contributed by atoms with Crippen molar-refractivity contribution in [1.29, 1.82) is 0 Å². The number of rotatable bonds is 4. The van der Waals surface area contributed by atoms with E-state index in [2.05, 4.69) is 20.2 Å². The largest absolute Gasteiger partial charge is 0.394 e. The maximum absolute atomic E-state index is 9.48. The van der Waals surface area contributed by atoms with Crippen LogP contribution in [0.25, 0.3) is 0 Å². The first-order chi connectivity index (χ1) is 9.36. The molecule has 2 fully saturated rings. The molecule has 0 spiro atoms. The monoisotopic (exact) mass is 262 g/mol. The average Bonchev–Trinajstić information content (AvgIpc) is 2.43. The Kier molecular flexibility index (Phi) is 3.82. The molecular weight excluding hydrogens is 240 g/mol. The van der Waals surface area contributed by atoms with Crippen LogP contribution in [0, 0.1) is 0 Å². The summed E-state index contributed by atoms with van der Waals surface area (Å²) in [6.07, 6.45) is 8.83. The fraction of sp³-hybridized carbons (Fsp3) is 0.714. The Morgan fingerprint density at radius 2 is 2.11 bits per heavy atom. The van der Waals surface area contributed by atoms with Crippen LogP contribution in [0.3, 0.4) is 0 Å². The summed E-state index contributed by atoms with van der Waals surface area (Å²) >= 11 is 0. The number of piperidine rings is 1. The third-order valence-electron chi connectivity index (χ3n) is 4.24. The molecule has 1 aromatic rings. The van der Waals surface area contributed by atoms with Crippen LogP contribution in [0.5, 0.6) is 0 Å². The normalized spacial score (nSPS) is 24.1. The van der Waals surface area contributed by atoms with Crippen molar-refractivity contribution in [3.63, 3.8) is 0 Å². The van der Waals surface area contributed by atoms with Crippen molar-refractivity contribution < 1.29 is 5.11 Å². The van der Waals surface area contributed by atoms with Crippen LogP contribution in [0.4, 0.5) is 11.6 Å². The Labute approximate surface area is 114 Å². The van der Waals surface area contributed by atoms with E-state index < -0.39 is 0 Å². The van der Waals surface area contributed by atoms with Gasteiger partial charge in [0.25, 0.3) is 0 Å². The molecular formula is C14H22N4O. The highest BCUT2D eigenvalue weighted by Crippen LogP contribution is 2.26. The van der Waals surface area contributed by atoms with Crippen molar-refractivity contribution in [2.45, 2.75) is 50.6 Å². The summed E-state index contributed by atoms with van der Waals surface area (Å²) in [6.45, 7) is 1.18. The first kappa shape index (κ1) is 12.7. The van der Waals surface area contributed by atoms with Crippen LogP contribution in [0.2, 0.25) is 0 Å². The lowest BCUT2D eigenvalue weighted by Crippen LogP contribution is -2.42. The topological polar surface area (TPSA) is 61.3 Å². The molecule has 2 heterocycles. The van der Waals surface area contributed by atoms with Crippen molar-refractivity contribution in [3.05, 3.63) is 12.4 Å². The summed E-state index contributed by atoms with van der Waals surface area (Å²) in [6, 6.07) is 2.81. The molecule has 2 N–H and O–H groups in total. The fourth-order valence-corrected chi connectivity index (χ4v) is 2.84. The molecule has 0 radical (unpaired) electrons. The Hall–Kier alpha value is -1.36. The van der Waals surface area contributed by atoms with Crippen LogP contribution >= 0.6 is 0 Å². The third-order valence-corrected chi connectivity index (χ3v) is 4.24. The summed E-state index contributed by atoms with van der Waals surface area (Å²) in [5.41, 5.74) is 0. The van der Waals surface area contributed by atoms with E-state index in [0.29, 0.717) is 6.04 Å². The summed E-state index contributed by atoms with van der Waals surface area (Å²) < 4.78 is 0. The molecule has 5 heteroatoms. The quantitative estimate of drug-likeness (QED) is 0.866. The van der Waals surface area contributed by atoms with Crippen molar-refractivity contribution in [2.24, 2.45) is 0 Å². The van der Waals surface area contributed by atoms with Gasteiger partial charge in [-0.1, -0.05) is 0 Å². The Morgan fingerprint density at radius 3 is 2.84 bits per heavy atom. The molecule has 0 bridgehead atoms. The number of nitrogens with one attached hydrogen (secondary N) is 1. The molecule has 1 aliphatic carbocycles. The predicted molar refractivity (Wildman–Crippen MR) is 75.4 cm³/mol. The molecule has 1 saturated heterocycles. The standard InChI is InChI=1S/C14H22N4O/c19-9-12-6-1-2-7-18(12)14-8-13(15-10-16-14)17-11-4-3-5-11/h8,10-12,19H,1-7,9H2,(H,15,16,17). The maximum Gasteiger partial charge on any atom is 0.134 e. The van der Waals surface area contributed by atoms with E-state index in [4.69, 9.17) is 0 Å². The van der Waals surface area contributed by atoms with Gasteiger partial charge in [-0.05, 0) is 38.5 Å². The predicted octanol–water partition coefficient (Wildman–Crippen LogP) is 1.79. The van der Waals surface area contributed by atoms with Crippen molar-refractivity contribution in [2.75, 3.05) is 23.4 Å². The van der Waals surface area contributed by atoms with Crippen LogP contribution in [-0.4, -0.2) is 40.3 Å². The van der Waals surface area contributed by atoms with E-state index >= 15 is 0 Å². The Bertz CT molecular complexity index is 422. The van der Waals surface area contributed by atoms with E-state index in [9.17, 15) is 5.11 Å². The highest BCUT2D eigenvalue weighted by atomic mass is 16.3. The molecule has 1 unspecified atom stereocenters. The average molecular weight is 262 g/mol. The van der Waals surface area contributed by atoms with Gasteiger partial charge in [0, 0.05) is 18.7 Å². The van der Waals surface area contributed by atoms with Gasteiger partial charge in [-0.3, -0.25) is 0 Å². The molecule has 1 aliphatic heterocycles. The molecule has 1 atom stereocenters. The zero-order chi connectivity index (χ0) is 13.1. The molecule has 19 heavy (non-hydrogen) atoms. The minimum absolute atomic E-state index is 0.204. The summed E-state index contributed by atoms with van der Waals surface area (Å²) in [5.74, 6) is 1.85. The smallest absolute Gasteiger partial charge is 0.134 e. The number of aliphatic hydroxyl groups excluding tert-OH is 1. The van der Waals surface area contributed by atoms with Gasteiger partial charge in [0.15, 0.2) is 0 Å². The first-order valence-electron chi connectivity index (χ1n) is 7.33.